The number of phenols is 1. The average Bonchev–Trinajstić information content (AvgIpc) is 3.31. The SMILES string of the molecule is COC(=O)N1C(=O)C2CC=C3C(CC4(Cl)C(=O)N(C)C(=O)C4(Cl)C3c3ccc(OCc4ccccc4)cc3O)C2C1=O. The second kappa shape index (κ2) is 9.84. The van der Waals surface area contributed by atoms with Crippen LogP contribution < -0.4 is 4.74 Å². The van der Waals surface area contributed by atoms with Crippen molar-refractivity contribution < 1.29 is 38.6 Å². The number of methoxy groups -OCH3 is 1. The number of hydrogen-bond donors (Lipinski definition) is 1. The molecule has 42 heavy (non-hydrogen) atoms. The Balaban J connectivity index is 1.44. The number of carbonyl (C=O) groups excluding carboxylic acids is 5. The Labute approximate surface area is 250 Å². The minimum absolute atomic E-state index is 0.0737. The summed E-state index contributed by atoms with van der Waals surface area (Å²) in [5, 5.41) is 11.3. The summed E-state index contributed by atoms with van der Waals surface area (Å²) in [6.07, 6.45) is 0.447. The van der Waals surface area contributed by atoms with Crippen LogP contribution in [0.3, 0.4) is 0 Å². The van der Waals surface area contributed by atoms with Gasteiger partial charge >= 0.3 is 6.09 Å². The molecule has 2 aliphatic heterocycles. The van der Waals surface area contributed by atoms with Crippen LogP contribution in [0.4, 0.5) is 4.79 Å². The first-order valence-electron chi connectivity index (χ1n) is 13.3. The number of alkyl halides is 2. The number of amides is 5. The molecule has 0 radical (unpaired) electrons. The molecule has 3 fully saturated rings. The van der Waals surface area contributed by atoms with E-state index in [1.54, 1.807) is 18.2 Å². The summed E-state index contributed by atoms with van der Waals surface area (Å²) in [5.41, 5.74) is 1.61. The standard InChI is InChI=1S/C30H26Cl2N2O8/c1-33-26(38)29(31)13-20-17(10-11-19-22(20)25(37)34(24(19)36)28(40)41-2)23(30(29,32)27(33)39)18-9-8-16(12-21(18)35)42-14-15-6-4-3-5-7-15/h3-10,12,19-20,22-23,35H,11,13-14H2,1-2H3. The lowest BCUT2D eigenvalue weighted by molar-refractivity contribution is -0.139. The number of halogens is 2. The number of imide groups is 4. The Morgan fingerprint density at radius 1 is 1.02 bits per heavy atom. The van der Waals surface area contributed by atoms with E-state index in [0.29, 0.717) is 16.2 Å². The van der Waals surface area contributed by atoms with Crippen molar-refractivity contribution in [3.8, 4) is 11.5 Å². The number of nitrogens with zero attached hydrogens (tertiary/aromatic N) is 2. The molecule has 10 nitrogen and oxygen atoms in total. The van der Waals surface area contributed by atoms with Crippen molar-refractivity contribution in [3.05, 3.63) is 71.3 Å². The Kier molecular flexibility index (Phi) is 6.62. The maximum Gasteiger partial charge on any atom is 0.423 e. The zero-order valence-electron chi connectivity index (χ0n) is 22.6. The van der Waals surface area contributed by atoms with E-state index in [0.717, 1.165) is 17.6 Å². The summed E-state index contributed by atoms with van der Waals surface area (Å²) in [4.78, 5) is 63.4. The molecule has 218 valence electrons. The Hall–Kier alpha value is -3.89. The van der Waals surface area contributed by atoms with Crippen molar-refractivity contribution in [1.82, 2.24) is 9.80 Å². The molecule has 2 aromatic carbocycles. The fraction of sp³-hybridized carbons (Fsp3) is 0.367. The van der Waals surface area contributed by atoms with E-state index in [1.165, 1.54) is 13.1 Å². The molecule has 0 bridgehead atoms. The number of carbonyl (C=O) groups is 5. The second-order valence-corrected chi connectivity index (χ2v) is 12.2. The highest BCUT2D eigenvalue weighted by atomic mass is 35.5. The number of rotatable bonds is 4. The number of phenolic OH excluding ortho intramolecular Hbond substituents is 1. The third kappa shape index (κ3) is 3.74. The van der Waals surface area contributed by atoms with E-state index in [1.807, 2.05) is 30.3 Å². The number of hydrogen-bond acceptors (Lipinski definition) is 8. The molecule has 6 atom stereocenters. The van der Waals surface area contributed by atoms with Gasteiger partial charge in [-0.15, -0.1) is 23.2 Å². The van der Waals surface area contributed by atoms with E-state index in [4.69, 9.17) is 27.9 Å². The molecule has 6 rings (SSSR count). The van der Waals surface area contributed by atoms with Gasteiger partial charge in [-0.3, -0.25) is 24.1 Å². The van der Waals surface area contributed by atoms with Gasteiger partial charge in [0.1, 0.15) is 18.1 Å². The van der Waals surface area contributed by atoms with Crippen LogP contribution in [-0.2, 0) is 30.5 Å². The van der Waals surface area contributed by atoms with Gasteiger partial charge in [-0.25, -0.2) is 4.79 Å². The fourth-order valence-electron chi connectivity index (χ4n) is 6.96. The highest BCUT2D eigenvalue weighted by Crippen LogP contribution is 2.66. The molecule has 1 saturated carbocycles. The lowest BCUT2D eigenvalue weighted by Crippen LogP contribution is -2.60. The van der Waals surface area contributed by atoms with Crippen LogP contribution >= 0.6 is 23.2 Å². The third-order valence-electron chi connectivity index (χ3n) is 8.93. The minimum Gasteiger partial charge on any atom is -0.508 e. The molecular formula is C30H26Cl2N2O8. The molecule has 4 aliphatic rings. The lowest BCUT2D eigenvalue weighted by atomic mass is 9.56. The van der Waals surface area contributed by atoms with Crippen LogP contribution in [0.25, 0.3) is 0 Å². The van der Waals surface area contributed by atoms with Gasteiger partial charge in [-0.05, 0) is 30.4 Å². The molecule has 2 heterocycles. The molecule has 1 N–H and O–H groups in total. The normalized spacial score (nSPS) is 31.9. The molecule has 0 spiro atoms. The van der Waals surface area contributed by atoms with E-state index >= 15 is 0 Å². The van der Waals surface area contributed by atoms with Gasteiger partial charge in [-0.2, -0.15) is 4.90 Å². The first-order valence-corrected chi connectivity index (χ1v) is 14.1. The molecule has 5 amide bonds. The van der Waals surface area contributed by atoms with Crippen LogP contribution in [0.1, 0.15) is 29.9 Å². The van der Waals surface area contributed by atoms with E-state index in [-0.39, 0.29) is 30.8 Å². The summed E-state index contributed by atoms with van der Waals surface area (Å²) < 4.78 is 10.5. The monoisotopic (exact) mass is 612 g/mol. The van der Waals surface area contributed by atoms with Crippen molar-refractivity contribution in [1.29, 1.82) is 0 Å². The summed E-state index contributed by atoms with van der Waals surface area (Å²) in [5.74, 6) is -6.78. The molecule has 0 aromatic heterocycles. The lowest BCUT2D eigenvalue weighted by Gasteiger charge is -2.50. The van der Waals surface area contributed by atoms with Crippen LogP contribution in [-0.4, -0.2) is 68.5 Å². The predicted molar refractivity (Wildman–Crippen MR) is 149 cm³/mol. The molecule has 6 unspecified atom stereocenters. The zero-order valence-corrected chi connectivity index (χ0v) is 24.1. The number of ether oxygens (including phenoxy) is 2. The van der Waals surface area contributed by atoms with Gasteiger partial charge < -0.3 is 14.6 Å². The number of likely N-dealkylation sites (tertiary alicyclic amines) is 2. The Bertz CT molecular complexity index is 1580. The summed E-state index contributed by atoms with van der Waals surface area (Å²) in [7, 11) is 2.34. The maximum absolute atomic E-state index is 13.7. The van der Waals surface area contributed by atoms with E-state index < -0.39 is 63.1 Å². The number of aromatic hydroxyl groups is 1. The van der Waals surface area contributed by atoms with Crippen LogP contribution in [0, 0.1) is 17.8 Å². The van der Waals surface area contributed by atoms with Gasteiger partial charge in [0.25, 0.3) is 11.8 Å². The largest absolute Gasteiger partial charge is 0.508 e. The van der Waals surface area contributed by atoms with Gasteiger partial charge in [0.2, 0.25) is 11.8 Å². The fourth-order valence-corrected chi connectivity index (χ4v) is 7.97. The Morgan fingerprint density at radius 2 is 1.74 bits per heavy atom. The van der Waals surface area contributed by atoms with Crippen LogP contribution in [0.15, 0.2) is 60.2 Å². The second-order valence-electron chi connectivity index (χ2n) is 11.0. The smallest absolute Gasteiger partial charge is 0.423 e. The van der Waals surface area contributed by atoms with Gasteiger partial charge in [0, 0.05) is 24.6 Å². The van der Waals surface area contributed by atoms with Gasteiger partial charge in [-0.1, -0.05) is 48.0 Å². The van der Waals surface area contributed by atoms with Crippen molar-refractivity contribution in [2.45, 2.75) is 35.1 Å². The average molecular weight is 613 g/mol. The first-order chi connectivity index (χ1) is 20.0. The number of allylic oxidation sites excluding steroid dienone is 2. The number of benzene rings is 2. The van der Waals surface area contributed by atoms with Gasteiger partial charge in [0.15, 0.2) is 9.75 Å². The first kappa shape index (κ1) is 28.2. The minimum atomic E-state index is -2.05. The molecular weight excluding hydrogens is 587 g/mol. The highest BCUT2D eigenvalue weighted by molar-refractivity contribution is 6.53. The Morgan fingerprint density at radius 3 is 2.40 bits per heavy atom. The quantitative estimate of drug-likeness (QED) is 0.314. The van der Waals surface area contributed by atoms with Crippen LogP contribution in [0.2, 0.25) is 0 Å². The van der Waals surface area contributed by atoms with Crippen molar-refractivity contribution in [2.75, 3.05) is 14.2 Å². The van der Waals surface area contributed by atoms with Crippen molar-refractivity contribution >= 4 is 52.9 Å². The van der Waals surface area contributed by atoms with Gasteiger partial charge in [0.05, 0.1) is 18.9 Å². The van der Waals surface area contributed by atoms with Crippen molar-refractivity contribution in [2.24, 2.45) is 17.8 Å². The summed E-state index contributed by atoms with van der Waals surface area (Å²) >= 11 is 14.2. The predicted octanol–water partition coefficient (Wildman–Crippen LogP) is 3.73. The summed E-state index contributed by atoms with van der Waals surface area (Å²) in [6.45, 7) is 0.244. The van der Waals surface area contributed by atoms with E-state index in [2.05, 4.69) is 4.74 Å². The number of fused-ring (bicyclic) bond motifs is 4. The van der Waals surface area contributed by atoms with Crippen molar-refractivity contribution in [3.63, 3.8) is 0 Å². The topological polar surface area (TPSA) is 131 Å². The molecule has 2 aromatic rings. The zero-order chi connectivity index (χ0) is 30.1. The van der Waals surface area contributed by atoms with E-state index in [9.17, 15) is 29.1 Å². The highest BCUT2D eigenvalue weighted by Gasteiger charge is 2.76. The molecule has 12 heteroatoms. The third-order valence-corrected chi connectivity index (χ3v) is 10.3. The molecule has 2 saturated heterocycles. The maximum atomic E-state index is 13.7. The summed E-state index contributed by atoms with van der Waals surface area (Å²) in [6, 6.07) is 14.0. The van der Waals surface area contributed by atoms with Crippen LogP contribution in [0.5, 0.6) is 11.5 Å². The molecule has 2 aliphatic carbocycles.